The van der Waals surface area contributed by atoms with Gasteiger partial charge in [-0.2, -0.15) is 9.57 Å². The van der Waals surface area contributed by atoms with E-state index in [1.807, 2.05) is 36.4 Å². The lowest BCUT2D eigenvalue weighted by molar-refractivity contribution is 0.170. The number of para-hydroxylation sites is 1. The fourth-order valence-electron chi connectivity index (χ4n) is 2.94. The van der Waals surface area contributed by atoms with Gasteiger partial charge in [0.05, 0.1) is 23.1 Å². The van der Waals surface area contributed by atoms with E-state index in [0.717, 1.165) is 5.75 Å². The zero-order valence-electron chi connectivity index (χ0n) is 15.8. The summed E-state index contributed by atoms with van der Waals surface area (Å²) in [5.74, 6) is 0.739. The van der Waals surface area contributed by atoms with Crippen molar-refractivity contribution in [3.8, 4) is 11.8 Å². The molecule has 0 saturated carbocycles. The quantitative estimate of drug-likeness (QED) is 0.724. The molecular formula is C20H22N4O4S. The summed E-state index contributed by atoms with van der Waals surface area (Å²) in [6.07, 6.45) is 0. The third-order valence-electron chi connectivity index (χ3n) is 4.54. The highest BCUT2D eigenvalue weighted by molar-refractivity contribution is 7.89. The van der Waals surface area contributed by atoms with Gasteiger partial charge in [-0.3, -0.25) is 0 Å². The van der Waals surface area contributed by atoms with E-state index >= 15 is 0 Å². The van der Waals surface area contributed by atoms with Gasteiger partial charge in [0.15, 0.2) is 0 Å². The van der Waals surface area contributed by atoms with Crippen LogP contribution in [0.3, 0.4) is 0 Å². The molecule has 0 bridgehead atoms. The van der Waals surface area contributed by atoms with Gasteiger partial charge in [-0.05, 0) is 36.4 Å². The van der Waals surface area contributed by atoms with Crippen LogP contribution in [0.5, 0.6) is 5.75 Å². The van der Waals surface area contributed by atoms with Crippen LogP contribution in [0, 0.1) is 11.3 Å². The average molecular weight is 414 g/mol. The molecule has 0 unspecified atom stereocenters. The standard InChI is InChI=1S/C20H22N4O4S/c21-16-17-6-8-19(9-7-17)29(26,27)24-13-11-23(12-14-24)20(25)22-10-15-28-18-4-2-1-3-5-18/h1-9H,10-15H2,(H,22,25). The molecule has 1 saturated heterocycles. The maximum Gasteiger partial charge on any atom is 0.317 e. The number of hydrogen-bond acceptors (Lipinski definition) is 5. The van der Waals surface area contributed by atoms with Gasteiger partial charge < -0.3 is 15.0 Å². The van der Waals surface area contributed by atoms with Crippen molar-refractivity contribution < 1.29 is 17.9 Å². The van der Waals surface area contributed by atoms with Crippen molar-refractivity contribution in [1.82, 2.24) is 14.5 Å². The second kappa shape index (κ2) is 9.41. The Morgan fingerprint density at radius 1 is 1.03 bits per heavy atom. The average Bonchev–Trinajstić information content (AvgIpc) is 2.77. The molecule has 1 aliphatic rings. The zero-order chi connectivity index (χ0) is 20.7. The number of piperazine rings is 1. The van der Waals surface area contributed by atoms with Crippen molar-refractivity contribution in [3.63, 3.8) is 0 Å². The predicted molar refractivity (Wildman–Crippen MR) is 107 cm³/mol. The molecule has 1 fully saturated rings. The molecule has 1 heterocycles. The Bertz CT molecular complexity index is 964. The molecule has 3 rings (SSSR count). The number of nitrogens with one attached hydrogen (secondary N) is 1. The number of hydrogen-bond donors (Lipinski definition) is 1. The lowest BCUT2D eigenvalue weighted by atomic mass is 10.2. The predicted octanol–water partition coefficient (Wildman–Crippen LogP) is 1.65. The van der Waals surface area contributed by atoms with Gasteiger partial charge in [-0.15, -0.1) is 0 Å². The van der Waals surface area contributed by atoms with E-state index in [4.69, 9.17) is 10.00 Å². The van der Waals surface area contributed by atoms with Crippen LogP contribution in [0.1, 0.15) is 5.56 Å². The molecule has 29 heavy (non-hydrogen) atoms. The van der Waals surface area contributed by atoms with Gasteiger partial charge in [0.2, 0.25) is 10.0 Å². The van der Waals surface area contributed by atoms with E-state index in [1.54, 1.807) is 4.90 Å². The summed E-state index contributed by atoms with van der Waals surface area (Å²) >= 11 is 0. The van der Waals surface area contributed by atoms with Crippen molar-refractivity contribution in [2.75, 3.05) is 39.3 Å². The second-order valence-corrected chi connectivity index (χ2v) is 8.36. The van der Waals surface area contributed by atoms with Crippen LogP contribution in [0.4, 0.5) is 4.79 Å². The van der Waals surface area contributed by atoms with Crippen molar-refractivity contribution >= 4 is 16.1 Å². The normalized spacial score (nSPS) is 14.8. The van der Waals surface area contributed by atoms with Gasteiger partial charge in [-0.1, -0.05) is 18.2 Å². The monoisotopic (exact) mass is 414 g/mol. The summed E-state index contributed by atoms with van der Waals surface area (Å²) in [6, 6.07) is 16.9. The van der Waals surface area contributed by atoms with Crippen LogP contribution in [-0.2, 0) is 10.0 Å². The molecule has 1 aliphatic heterocycles. The molecule has 0 atom stereocenters. The molecule has 2 aromatic carbocycles. The Labute approximate surface area is 170 Å². The Morgan fingerprint density at radius 2 is 1.69 bits per heavy atom. The first-order valence-electron chi connectivity index (χ1n) is 9.21. The first-order chi connectivity index (χ1) is 14.0. The number of nitriles is 1. The van der Waals surface area contributed by atoms with Gasteiger partial charge in [0.1, 0.15) is 12.4 Å². The van der Waals surface area contributed by atoms with Crippen molar-refractivity contribution in [2.24, 2.45) is 0 Å². The molecule has 0 radical (unpaired) electrons. The minimum Gasteiger partial charge on any atom is -0.492 e. The van der Waals surface area contributed by atoms with Gasteiger partial charge >= 0.3 is 6.03 Å². The van der Waals surface area contributed by atoms with Crippen molar-refractivity contribution in [2.45, 2.75) is 4.90 Å². The lowest BCUT2D eigenvalue weighted by Gasteiger charge is -2.34. The number of rotatable bonds is 6. The summed E-state index contributed by atoms with van der Waals surface area (Å²) in [4.78, 5) is 14.0. The number of amides is 2. The lowest BCUT2D eigenvalue weighted by Crippen LogP contribution is -2.53. The number of ether oxygens (including phenoxy) is 1. The smallest absolute Gasteiger partial charge is 0.317 e. The van der Waals surface area contributed by atoms with Crippen molar-refractivity contribution in [1.29, 1.82) is 5.26 Å². The topological polar surface area (TPSA) is 103 Å². The minimum atomic E-state index is -3.64. The van der Waals surface area contributed by atoms with Crippen molar-refractivity contribution in [3.05, 3.63) is 60.2 Å². The van der Waals surface area contributed by atoms with Crippen LogP contribution in [-0.4, -0.2) is 63.0 Å². The van der Waals surface area contributed by atoms with E-state index < -0.39 is 10.0 Å². The first-order valence-corrected chi connectivity index (χ1v) is 10.7. The molecule has 0 aromatic heterocycles. The molecular weight excluding hydrogens is 392 g/mol. The summed E-state index contributed by atoms with van der Waals surface area (Å²) in [5, 5.41) is 11.6. The van der Waals surface area contributed by atoms with Crippen LogP contribution in [0.25, 0.3) is 0 Å². The van der Waals surface area contributed by atoms with Gasteiger partial charge in [-0.25, -0.2) is 13.2 Å². The fraction of sp³-hybridized carbons (Fsp3) is 0.300. The first kappa shape index (κ1) is 20.6. The van der Waals surface area contributed by atoms with E-state index in [-0.39, 0.29) is 24.0 Å². The maximum absolute atomic E-state index is 12.7. The number of carbonyl (C=O) groups excluding carboxylic acids is 1. The van der Waals surface area contributed by atoms with Crippen LogP contribution in [0.15, 0.2) is 59.5 Å². The molecule has 9 heteroatoms. The van der Waals surface area contributed by atoms with Crippen LogP contribution < -0.4 is 10.1 Å². The third-order valence-corrected chi connectivity index (χ3v) is 6.45. The molecule has 1 N–H and O–H groups in total. The van der Waals surface area contributed by atoms with Gasteiger partial charge in [0, 0.05) is 26.2 Å². The summed E-state index contributed by atoms with van der Waals surface area (Å²) < 4.78 is 32.3. The molecule has 2 amide bonds. The van der Waals surface area contributed by atoms with Crippen LogP contribution in [0.2, 0.25) is 0 Å². The highest BCUT2D eigenvalue weighted by atomic mass is 32.2. The SMILES string of the molecule is N#Cc1ccc(S(=O)(=O)N2CCN(C(=O)NCCOc3ccccc3)CC2)cc1. The Hall–Kier alpha value is -3.09. The maximum atomic E-state index is 12.7. The number of sulfonamides is 1. The molecule has 2 aromatic rings. The Balaban J connectivity index is 1.45. The van der Waals surface area contributed by atoms with E-state index in [0.29, 0.717) is 31.8 Å². The molecule has 152 valence electrons. The number of carbonyl (C=O) groups is 1. The van der Waals surface area contributed by atoms with Crippen LogP contribution >= 0.6 is 0 Å². The molecule has 0 spiro atoms. The summed E-state index contributed by atoms with van der Waals surface area (Å²) in [6.45, 7) is 1.76. The highest BCUT2D eigenvalue weighted by Gasteiger charge is 2.30. The Kier molecular flexibility index (Phi) is 6.69. The Morgan fingerprint density at radius 3 is 2.31 bits per heavy atom. The van der Waals surface area contributed by atoms with E-state index in [2.05, 4.69) is 5.32 Å². The third kappa shape index (κ3) is 5.25. The fourth-order valence-corrected chi connectivity index (χ4v) is 4.36. The second-order valence-electron chi connectivity index (χ2n) is 6.42. The number of nitrogens with zero attached hydrogens (tertiary/aromatic N) is 3. The van der Waals surface area contributed by atoms with E-state index in [1.165, 1.54) is 28.6 Å². The summed E-state index contributed by atoms with van der Waals surface area (Å²) in [7, 11) is -3.64. The molecule has 8 nitrogen and oxygen atoms in total. The minimum absolute atomic E-state index is 0.146. The highest BCUT2D eigenvalue weighted by Crippen LogP contribution is 2.18. The number of urea groups is 1. The molecule has 0 aliphatic carbocycles. The zero-order valence-corrected chi connectivity index (χ0v) is 16.6. The van der Waals surface area contributed by atoms with E-state index in [9.17, 15) is 13.2 Å². The summed E-state index contributed by atoms with van der Waals surface area (Å²) in [5.41, 5.74) is 0.404. The number of benzene rings is 2. The van der Waals surface area contributed by atoms with Gasteiger partial charge in [0.25, 0.3) is 0 Å². The largest absolute Gasteiger partial charge is 0.492 e.